The Kier molecular flexibility index (Phi) is 5.77. The predicted octanol–water partition coefficient (Wildman–Crippen LogP) is 4.78. The molecular formula is C20H18N4O3S2. The minimum atomic E-state index is -0.185. The molecule has 0 aliphatic carbocycles. The van der Waals surface area contributed by atoms with E-state index in [2.05, 4.69) is 20.5 Å². The van der Waals surface area contributed by atoms with E-state index in [1.165, 1.54) is 23.1 Å². The Morgan fingerprint density at radius 1 is 1.24 bits per heavy atom. The van der Waals surface area contributed by atoms with E-state index in [1.807, 2.05) is 56.3 Å². The van der Waals surface area contributed by atoms with Gasteiger partial charge in [-0.15, -0.1) is 10.2 Å². The number of ether oxygens (including phenoxy) is 1. The van der Waals surface area contributed by atoms with Gasteiger partial charge in [-0.2, -0.15) is 0 Å². The summed E-state index contributed by atoms with van der Waals surface area (Å²) in [6, 6.07) is 13.5. The number of nitrogens with zero attached hydrogens (tertiary/aromatic N) is 3. The van der Waals surface area contributed by atoms with Crippen molar-refractivity contribution in [3.63, 3.8) is 0 Å². The molecule has 148 valence electrons. The Balaban J connectivity index is 1.37. The zero-order valence-corrected chi connectivity index (χ0v) is 17.5. The van der Waals surface area contributed by atoms with Gasteiger partial charge in [0.1, 0.15) is 5.75 Å². The monoisotopic (exact) mass is 426 g/mol. The summed E-state index contributed by atoms with van der Waals surface area (Å²) in [5.41, 5.74) is 2.76. The van der Waals surface area contributed by atoms with Gasteiger partial charge >= 0.3 is 0 Å². The fraction of sp³-hybridized carbons (Fsp3) is 0.200. The molecule has 0 radical (unpaired) electrons. The first-order chi connectivity index (χ1) is 14.1. The van der Waals surface area contributed by atoms with Crippen LogP contribution in [0, 0.1) is 6.92 Å². The number of carbonyl (C=O) groups is 1. The second-order valence-electron chi connectivity index (χ2n) is 6.11. The molecule has 0 aliphatic rings. The number of nitrogens with one attached hydrogen (secondary N) is 1. The van der Waals surface area contributed by atoms with Crippen LogP contribution in [0.2, 0.25) is 0 Å². The lowest BCUT2D eigenvalue weighted by atomic mass is 10.1. The highest BCUT2D eigenvalue weighted by Crippen LogP contribution is 2.30. The number of hydrogen-bond donors (Lipinski definition) is 1. The highest BCUT2D eigenvalue weighted by Gasteiger charge is 2.14. The minimum Gasteiger partial charge on any atom is -0.494 e. The van der Waals surface area contributed by atoms with Crippen LogP contribution in [0.15, 0.2) is 52.1 Å². The number of thiazole rings is 1. The van der Waals surface area contributed by atoms with Crippen molar-refractivity contribution in [1.82, 2.24) is 15.2 Å². The van der Waals surface area contributed by atoms with Gasteiger partial charge in [0.25, 0.3) is 5.22 Å². The summed E-state index contributed by atoms with van der Waals surface area (Å²) in [4.78, 5) is 16.7. The van der Waals surface area contributed by atoms with Crippen molar-refractivity contribution in [3.05, 3.63) is 48.0 Å². The number of anilines is 1. The van der Waals surface area contributed by atoms with Crippen molar-refractivity contribution in [2.45, 2.75) is 19.1 Å². The number of aromatic nitrogens is 3. The standard InChI is InChI=1S/C20H18N4O3S2/c1-3-26-13-8-9-15-16(10-13)29-19(21-15)22-17(25)11-28-20-24-23-18(27-20)14-7-5-4-6-12(14)2/h4-10H,3,11H2,1-2H3,(H,21,22,25). The van der Waals surface area contributed by atoms with Crippen molar-refractivity contribution in [2.75, 3.05) is 17.7 Å². The molecule has 0 unspecified atom stereocenters. The molecule has 0 atom stereocenters. The van der Waals surface area contributed by atoms with Crippen LogP contribution >= 0.6 is 23.1 Å². The smallest absolute Gasteiger partial charge is 0.277 e. The Morgan fingerprint density at radius 2 is 2.10 bits per heavy atom. The Hall–Kier alpha value is -2.91. The normalized spacial score (nSPS) is 11.0. The Bertz CT molecular complexity index is 1160. The van der Waals surface area contributed by atoms with Gasteiger partial charge in [-0.25, -0.2) is 4.98 Å². The number of carbonyl (C=O) groups excluding carboxylic acids is 1. The molecule has 2 aromatic heterocycles. The van der Waals surface area contributed by atoms with Gasteiger partial charge < -0.3 is 14.5 Å². The van der Waals surface area contributed by atoms with E-state index >= 15 is 0 Å². The zero-order chi connectivity index (χ0) is 20.2. The van der Waals surface area contributed by atoms with Gasteiger partial charge in [0, 0.05) is 5.56 Å². The van der Waals surface area contributed by atoms with Gasteiger partial charge in [-0.05, 0) is 43.7 Å². The fourth-order valence-electron chi connectivity index (χ4n) is 2.69. The van der Waals surface area contributed by atoms with E-state index < -0.39 is 0 Å². The van der Waals surface area contributed by atoms with Gasteiger partial charge in [-0.1, -0.05) is 41.3 Å². The molecule has 0 bridgehead atoms. The molecule has 29 heavy (non-hydrogen) atoms. The van der Waals surface area contributed by atoms with Gasteiger partial charge in [0.05, 0.1) is 22.6 Å². The van der Waals surface area contributed by atoms with E-state index in [9.17, 15) is 4.79 Å². The van der Waals surface area contributed by atoms with Crippen LogP contribution in [0.4, 0.5) is 5.13 Å². The van der Waals surface area contributed by atoms with Gasteiger partial charge in [0.15, 0.2) is 5.13 Å². The summed E-state index contributed by atoms with van der Waals surface area (Å²) in [6.45, 7) is 4.52. The lowest BCUT2D eigenvalue weighted by Crippen LogP contribution is -2.13. The minimum absolute atomic E-state index is 0.148. The lowest BCUT2D eigenvalue weighted by molar-refractivity contribution is -0.113. The number of aryl methyl sites for hydroxylation is 1. The highest BCUT2D eigenvalue weighted by atomic mass is 32.2. The lowest BCUT2D eigenvalue weighted by Gasteiger charge is -2.00. The highest BCUT2D eigenvalue weighted by molar-refractivity contribution is 7.99. The number of thioether (sulfide) groups is 1. The maximum Gasteiger partial charge on any atom is 0.277 e. The maximum absolute atomic E-state index is 12.3. The summed E-state index contributed by atoms with van der Waals surface area (Å²) in [5, 5.41) is 11.8. The van der Waals surface area contributed by atoms with Crippen molar-refractivity contribution in [1.29, 1.82) is 0 Å². The summed E-state index contributed by atoms with van der Waals surface area (Å²) in [7, 11) is 0. The number of fused-ring (bicyclic) bond motifs is 1. The molecule has 2 aromatic carbocycles. The van der Waals surface area contributed by atoms with Crippen LogP contribution in [-0.4, -0.2) is 33.4 Å². The van der Waals surface area contributed by atoms with Crippen LogP contribution in [0.3, 0.4) is 0 Å². The summed E-state index contributed by atoms with van der Waals surface area (Å²) < 4.78 is 12.1. The van der Waals surface area contributed by atoms with E-state index in [0.29, 0.717) is 22.9 Å². The SMILES string of the molecule is CCOc1ccc2nc(NC(=O)CSc3nnc(-c4ccccc4C)o3)sc2c1. The Labute approximate surface area is 175 Å². The molecule has 0 spiro atoms. The van der Waals surface area contributed by atoms with Crippen molar-refractivity contribution in [3.8, 4) is 17.2 Å². The van der Waals surface area contributed by atoms with E-state index in [-0.39, 0.29) is 11.7 Å². The fourth-order valence-corrected chi connectivity index (χ4v) is 4.16. The zero-order valence-electron chi connectivity index (χ0n) is 15.8. The molecule has 2 heterocycles. The van der Waals surface area contributed by atoms with Crippen LogP contribution in [0.5, 0.6) is 5.75 Å². The average molecular weight is 427 g/mol. The number of rotatable bonds is 7. The van der Waals surface area contributed by atoms with Gasteiger partial charge in [-0.3, -0.25) is 4.79 Å². The molecule has 1 amide bonds. The third-order valence-electron chi connectivity index (χ3n) is 4.03. The van der Waals surface area contributed by atoms with Crippen LogP contribution in [0.25, 0.3) is 21.7 Å². The van der Waals surface area contributed by atoms with Crippen LogP contribution in [0.1, 0.15) is 12.5 Å². The molecule has 9 heteroatoms. The van der Waals surface area contributed by atoms with Crippen LogP contribution < -0.4 is 10.1 Å². The first-order valence-electron chi connectivity index (χ1n) is 8.98. The first-order valence-corrected chi connectivity index (χ1v) is 10.8. The van der Waals surface area contributed by atoms with Crippen molar-refractivity contribution < 1.29 is 13.9 Å². The molecule has 0 fully saturated rings. The molecule has 4 aromatic rings. The molecule has 1 N–H and O–H groups in total. The quantitative estimate of drug-likeness (QED) is 0.425. The first kappa shape index (κ1) is 19.4. The molecular weight excluding hydrogens is 408 g/mol. The van der Waals surface area contributed by atoms with Crippen molar-refractivity contribution >= 4 is 44.4 Å². The molecule has 0 saturated carbocycles. The number of hydrogen-bond acceptors (Lipinski definition) is 8. The Morgan fingerprint density at radius 3 is 2.93 bits per heavy atom. The topological polar surface area (TPSA) is 90.1 Å². The average Bonchev–Trinajstić information content (AvgIpc) is 3.33. The van der Waals surface area contributed by atoms with E-state index in [0.717, 1.165) is 27.1 Å². The predicted molar refractivity (Wildman–Crippen MR) is 115 cm³/mol. The number of amides is 1. The number of benzene rings is 2. The van der Waals surface area contributed by atoms with Gasteiger partial charge in [0.2, 0.25) is 11.8 Å². The third kappa shape index (κ3) is 4.57. The van der Waals surface area contributed by atoms with Crippen LogP contribution in [-0.2, 0) is 4.79 Å². The molecule has 0 aliphatic heterocycles. The van der Waals surface area contributed by atoms with Crippen molar-refractivity contribution in [2.24, 2.45) is 0 Å². The maximum atomic E-state index is 12.3. The van der Waals surface area contributed by atoms with E-state index in [1.54, 1.807) is 0 Å². The summed E-state index contributed by atoms with van der Waals surface area (Å²) in [5.74, 6) is 1.20. The van der Waals surface area contributed by atoms with E-state index in [4.69, 9.17) is 9.15 Å². The molecule has 7 nitrogen and oxygen atoms in total. The molecule has 4 rings (SSSR count). The third-order valence-corrected chi connectivity index (χ3v) is 5.78. The second-order valence-corrected chi connectivity index (χ2v) is 8.06. The second kappa shape index (κ2) is 8.62. The molecule has 0 saturated heterocycles. The summed E-state index contributed by atoms with van der Waals surface area (Å²) >= 11 is 2.60. The largest absolute Gasteiger partial charge is 0.494 e. The summed E-state index contributed by atoms with van der Waals surface area (Å²) in [6.07, 6.45) is 0.